The first-order valence-corrected chi connectivity index (χ1v) is 8.24. The van der Waals surface area contributed by atoms with Crippen molar-refractivity contribution in [3.63, 3.8) is 0 Å². The fourth-order valence-electron chi connectivity index (χ4n) is 3.43. The highest BCUT2D eigenvalue weighted by molar-refractivity contribution is 7.22. The van der Waals surface area contributed by atoms with Gasteiger partial charge in [0.05, 0.1) is 11.0 Å². The molecule has 0 aromatic carbocycles. The van der Waals surface area contributed by atoms with Gasteiger partial charge in [0, 0.05) is 25.5 Å². The minimum atomic E-state index is -1.04. The Labute approximate surface area is 143 Å². The van der Waals surface area contributed by atoms with Crippen molar-refractivity contribution in [3.05, 3.63) is 53.4 Å². The molecular weight excluding hydrogens is 321 g/mol. The number of fused-ring (bicyclic) bond motifs is 1. The summed E-state index contributed by atoms with van der Waals surface area (Å²) in [6, 6.07) is 5.69. The van der Waals surface area contributed by atoms with Gasteiger partial charge in [-0.3, -0.25) is 14.6 Å². The number of pyridine rings is 1. The summed E-state index contributed by atoms with van der Waals surface area (Å²) in [5, 5.41) is 8.25. The summed E-state index contributed by atoms with van der Waals surface area (Å²) >= 11 is 0. The first-order valence-electron chi connectivity index (χ1n) is 7.66. The third-order valence-corrected chi connectivity index (χ3v) is 5.40. The molecular formula is C18H18N3O2P. The summed E-state index contributed by atoms with van der Waals surface area (Å²) in [5.74, 6) is -0.356. The molecule has 0 bridgehead atoms. The molecule has 1 aliphatic heterocycles. The zero-order valence-corrected chi connectivity index (χ0v) is 14.8. The highest BCUT2D eigenvalue weighted by Gasteiger charge is 2.53. The zero-order chi connectivity index (χ0) is 17.5. The fraction of sp³-hybridized carbons (Fsp3) is 0.333. The number of carbonyl (C=O) groups excluding carboxylic acids is 2. The van der Waals surface area contributed by atoms with E-state index in [1.165, 1.54) is 6.08 Å². The van der Waals surface area contributed by atoms with Crippen molar-refractivity contribution in [2.24, 2.45) is 5.41 Å². The summed E-state index contributed by atoms with van der Waals surface area (Å²) in [4.78, 5) is 31.4. The number of nitriles is 1. The van der Waals surface area contributed by atoms with Crippen LogP contribution < -0.4 is 0 Å². The van der Waals surface area contributed by atoms with Crippen LogP contribution in [0.1, 0.15) is 19.4 Å². The number of allylic oxidation sites excluding steroid dienone is 1. The maximum absolute atomic E-state index is 13.1. The molecule has 0 N–H and O–H groups in total. The second-order valence-corrected chi connectivity index (χ2v) is 7.57. The molecule has 1 aliphatic carbocycles. The molecule has 1 aromatic rings. The molecule has 2 atom stereocenters. The number of Topliss-reactive ketones (excluding diaryl/α,β-unsaturated/α-hetero) is 1. The van der Waals surface area contributed by atoms with Gasteiger partial charge >= 0.3 is 0 Å². The van der Waals surface area contributed by atoms with E-state index in [-0.39, 0.29) is 17.3 Å². The average Bonchev–Trinajstić information content (AvgIpc) is 2.56. The SMILES string of the molecule is CC1(C)C(=O)C(C#N)=C[C@@]2(P)C(=O)N(Cc3cccnc3)CC=C12. The molecule has 1 amide bonds. The Morgan fingerprint density at radius 2 is 2.17 bits per heavy atom. The van der Waals surface area contributed by atoms with E-state index in [2.05, 4.69) is 14.2 Å². The molecule has 0 saturated heterocycles. The van der Waals surface area contributed by atoms with Gasteiger partial charge in [0.15, 0.2) is 5.78 Å². The Kier molecular flexibility index (Phi) is 3.89. The monoisotopic (exact) mass is 339 g/mol. The van der Waals surface area contributed by atoms with Gasteiger partial charge in [0.1, 0.15) is 11.2 Å². The molecule has 0 fully saturated rings. The number of rotatable bonds is 2. The van der Waals surface area contributed by atoms with Gasteiger partial charge < -0.3 is 4.90 Å². The van der Waals surface area contributed by atoms with Crippen molar-refractivity contribution in [1.82, 2.24) is 9.88 Å². The van der Waals surface area contributed by atoms with Crippen molar-refractivity contribution in [1.29, 1.82) is 5.26 Å². The summed E-state index contributed by atoms with van der Waals surface area (Å²) < 4.78 is 0. The lowest BCUT2D eigenvalue weighted by molar-refractivity contribution is -0.133. The van der Waals surface area contributed by atoms with Gasteiger partial charge in [-0.25, -0.2) is 0 Å². The Bertz CT molecular complexity index is 820. The van der Waals surface area contributed by atoms with Gasteiger partial charge in [-0.15, -0.1) is 9.24 Å². The zero-order valence-electron chi connectivity index (χ0n) is 13.6. The number of aromatic nitrogens is 1. The van der Waals surface area contributed by atoms with E-state index in [0.717, 1.165) is 11.1 Å². The molecule has 2 heterocycles. The standard InChI is InChI=1S/C18H18N3O2P/c1-17(2)14-5-7-21(11-12-4-3-6-20-10-12)16(23)18(14,24)8-13(9-19)15(17)22/h3-6,8,10H,7,11,24H2,1-2H3/t18-/m0/s1. The molecule has 1 aromatic heterocycles. The lowest BCUT2D eigenvalue weighted by Crippen LogP contribution is -2.55. The molecule has 122 valence electrons. The number of hydrogen-bond donors (Lipinski definition) is 0. The topological polar surface area (TPSA) is 74.1 Å². The van der Waals surface area contributed by atoms with E-state index in [1.807, 2.05) is 24.3 Å². The Morgan fingerprint density at radius 1 is 1.42 bits per heavy atom. The van der Waals surface area contributed by atoms with E-state index < -0.39 is 10.6 Å². The Hall–Kier alpha value is -2.31. The van der Waals surface area contributed by atoms with Gasteiger partial charge in [-0.1, -0.05) is 12.1 Å². The Balaban J connectivity index is 2.03. The van der Waals surface area contributed by atoms with Crippen LogP contribution in [-0.4, -0.2) is 33.3 Å². The van der Waals surface area contributed by atoms with Crippen molar-refractivity contribution in [3.8, 4) is 6.07 Å². The molecule has 5 nitrogen and oxygen atoms in total. The third kappa shape index (κ3) is 2.39. The molecule has 3 rings (SSSR count). The van der Waals surface area contributed by atoms with Crippen LogP contribution in [0.2, 0.25) is 0 Å². The molecule has 6 heteroatoms. The average molecular weight is 339 g/mol. The molecule has 1 unspecified atom stereocenters. The van der Waals surface area contributed by atoms with Crippen LogP contribution in [-0.2, 0) is 16.1 Å². The summed E-state index contributed by atoms with van der Waals surface area (Å²) in [6.07, 6.45) is 6.85. The first-order chi connectivity index (χ1) is 11.3. The van der Waals surface area contributed by atoms with Crippen molar-refractivity contribution in [2.45, 2.75) is 25.5 Å². The van der Waals surface area contributed by atoms with E-state index in [0.29, 0.717) is 13.1 Å². The van der Waals surface area contributed by atoms with Crippen LogP contribution in [0.5, 0.6) is 0 Å². The maximum atomic E-state index is 13.1. The van der Waals surface area contributed by atoms with Crippen molar-refractivity contribution >= 4 is 20.9 Å². The number of nitrogens with zero attached hydrogens (tertiary/aromatic N) is 3. The van der Waals surface area contributed by atoms with Crippen molar-refractivity contribution in [2.75, 3.05) is 6.54 Å². The van der Waals surface area contributed by atoms with E-state index in [9.17, 15) is 14.9 Å². The second kappa shape index (κ2) is 5.65. The van der Waals surface area contributed by atoms with Crippen LogP contribution in [0.3, 0.4) is 0 Å². The van der Waals surface area contributed by atoms with Crippen LogP contribution in [0.15, 0.2) is 47.8 Å². The highest BCUT2D eigenvalue weighted by atomic mass is 31.0. The molecule has 24 heavy (non-hydrogen) atoms. The molecule has 0 saturated carbocycles. The Morgan fingerprint density at radius 3 is 2.79 bits per heavy atom. The second-order valence-electron chi connectivity index (χ2n) is 6.66. The first kappa shape index (κ1) is 16.5. The van der Waals surface area contributed by atoms with Crippen molar-refractivity contribution < 1.29 is 9.59 Å². The maximum Gasteiger partial charge on any atom is 0.241 e. The predicted molar refractivity (Wildman–Crippen MR) is 92.7 cm³/mol. The van der Waals surface area contributed by atoms with E-state index in [1.54, 1.807) is 31.1 Å². The molecule has 2 aliphatic rings. The number of amides is 1. The van der Waals surface area contributed by atoms with Crippen LogP contribution in [0.25, 0.3) is 0 Å². The lowest BCUT2D eigenvalue weighted by Gasteiger charge is -2.46. The van der Waals surface area contributed by atoms with Gasteiger partial charge in [-0.05, 0) is 37.1 Å². The number of hydrogen-bond acceptors (Lipinski definition) is 4. The summed E-state index contributed by atoms with van der Waals surface area (Å²) in [5.41, 5.74) is 0.865. The minimum absolute atomic E-state index is 0.0451. The van der Waals surface area contributed by atoms with E-state index >= 15 is 0 Å². The predicted octanol–water partition coefficient (Wildman–Crippen LogP) is 2.02. The van der Waals surface area contributed by atoms with Crippen LogP contribution in [0, 0.1) is 16.7 Å². The van der Waals surface area contributed by atoms with Crippen LogP contribution in [0.4, 0.5) is 0 Å². The normalized spacial score (nSPS) is 25.5. The minimum Gasteiger partial charge on any atom is -0.333 e. The quantitative estimate of drug-likeness (QED) is 0.610. The van der Waals surface area contributed by atoms with E-state index in [4.69, 9.17) is 0 Å². The fourth-order valence-corrected chi connectivity index (χ4v) is 4.25. The largest absolute Gasteiger partial charge is 0.333 e. The smallest absolute Gasteiger partial charge is 0.241 e. The number of carbonyl (C=O) groups is 2. The van der Waals surface area contributed by atoms with Crippen LogP contribution >= 0.6 is 9.24 Å². The van der Waals surface area contributed by atoms with Gasteiger partial charge in [-0.2, -0.15) is 5.26 Å². The van der Waals surface area contributed by atoms with Gasteiger partial charge in [0.25, 0.3) is 0 Å². The highest BCUT2D eigenvalue weighted by Crippen LogP contribution is 2.49. The van der Waals surface area contributed by atoms with Gasteiger partial charge in [0.2, 0.25) is 5.91 Å². The third-order valence-electron chi connectivity index (χ3n) is 4.68. The summed E-state index contributed by atoms with van der Waals surface area (Å²) in [7, 11) is 2.56. The number of ketones is 1. The molecule has 0 spiro atoms. The lowest BCUT2D eigenvalue weighted by atomic mass is 9.66. The molecule has 0 radical (unpaired) electrons. The summed E-state index contributed by atoms with van der Waals surface area (Å²) in [6.45, 7) is 4.42.